The summed E-state index contributed by atoms with van der Waals surface area (Å²) >= 11 is 6.37. The minimum absolute atomic E-state index is 0.149. The Morgan fingerprint density at radius 2 is 2.11 bits per heavy atom. The van der Waals surface area contributed by atoms with Crippen LogP contribution in [-0.4, -0.2) is 18.5 Å². The molecule has 0 radical (unpaired) electrons. The minimum Gasteiger partial charge on any atom is -0.494 e. The summed E-state index contributed by atoms with van der Waals surface area (Å²) in [5.74, 6) is 0.0137. The lowest BCUT2D eigenvalue weighted by Crippen LogP contribution is -2.36. The van der Waals surface area contributed by atoms with E-state index in [0.29, 0.717) is 17.9 Å². The SMILES string of the molecule is COc1cccc(CNC2CCCCCC2Cl)c1F. The number of alkyl halides is 1. The number of benzene rings is 1. The standard InChI is InChI=1S/C15H21ClFNO/c1-19-14-9-5-6-11(15(14)17)10-18-13-8-4-2-3-7-12(13)16/h5-6,9,12-13,18H,2-4,7-8,10H2,1H3. The Morgan fingerprint density at radius 3 is 2.89 bits per heavy atom. The molecule has 1 aromatic rings. The Labute approximate surface area is 119 Å². The van der Waals surface area contributed by atoms with E-state index in [1.54, 1.807) is 12.1 Å². The second kappa shape index (κ2) is 7.11. The van der Waals surface area contributed by atoms with Crippen LogP contribution >= 0.6 is 11.6 Å². The van der Waals surface area contributed by atoms with Gasteiger partial charge in [-0.25, -0.2) is 4.39 Å². The molecule has 2 nitrogen and oxygen atoms in total. The van der Waals surface area contributed by atoms with E-state index >= 15 is 0 Å². The fourth-order valence-electron chi connectivity index (χ4n) is 2.58. The van der Waals surface area contributed by atoms with Crippen LogP contribution in [0.4, 0.5) is 4.39 Å². The van der Waals surface area contributed by atoms with Crippen molar-refractivity contribution in [3.05, 3.63) is 29.6 Å². The molecule has 1 aliphatic carbocycles. The average molecular weight is 286 g/mol. The normalized spacial score (nSPS) is 23.9. The number of halogens is 2. The Bertz CT molecular complexity index is 413. The van der Waals surface area contributed by atoms with Crippen LogP contribution in [0.1, 0.15) is 37.7 Å². The van der Waals surface area contributed by atoms with Gasteiger partial charge in [-0.2, -0.15) is 0 Å². The van der Waals surface area contributed by atoms with Gasteiger partial charge in [0.25, 0.3) is 0 Å². The van der Waals surface area contributed by atoms with Crippen LogP contribution in [0.15, 0.2) is 18.2 Å². The average Bonchev–Trinajstić information content (AvgIpc) is 2.62. The first-order chi connectivity index (χ1) is 9.22. The lowest BCUT2D eigenvalue weighted by molar-refractivity contribution is 0.381. The zero-order valence-electron chi connectivity index (χ0n) is 11.3. The zero-order valence-corrected chi connectivity index (χ0v) is 12.0. The maximum Gasteiger partial charge on any atom is 0.169 e. The molecule has 0 aromatic heterocycles. The molecule has 2 atom stereocenters. The van der Waals surface area contributed by atoms with Crippen molar-refractivity contribution >= 4 is 11.6 Å². The number of nitrogens with one attached hydrogen (secondary N) is 1. The van der Waals surface area contributed by atoms with Gasteiger partial charge in [-0.05, 0) is 18.9 Å². The van der Waals surface area contributed by atoms with Crippen molar-refractivity contribution in [2.75, 3.05) is 7.11 Å². The molecule has 19 heavy (non-hydrogen) atoms. The lowest BCUT2D eigenvalue weighted by Gasteiger charge is -2.21. The molecule has 106 valence electrons. The molecule has 1 saturated carbocycles. The zero-order chi connectivity index (χ0) is 13.7. The van der Waals surface area contributed by atoms with E-state index in [1.807, 2.05) is 6.07 Å². The summed E-state index contributed by atoms with van der Waals surface area (Å²) in [6, 6.07) is 5.50. The summed E-state index contributed by atoms with van der Waals surface area (Å²) in [6.07, 6.45) is 5.75. The summed E-state index contributed by atoms with van der Waals surface area (Å²) in [4.78, 5) is 0. The fourth-order valence-corrected chi connectivity index (χ4v) is 2.95. The van der Waals surface area contributed by atoms with E-state index in [1.165, 1.54) is 26.4 Å². The maximum atomic E-state index is 14.0. The largest absolute Gasteiger partial charge is 0.494 e. The lowest BCUT2D eigenvalue weighted by atomic mass is 10.1. The Hall–Kier alpha value is -0.800. The predicted octanol–water partition coefficient (Wildman–Crippen LogP) is 3.86. The molecule has 1 fully saturated rings. The molecule has 0 spiro atoms. The van der Waals surface area contributed by atoms with Crippen LogP contribution < -0.4 is 10.1 Å². The second-order valence-electron chi connectivity index (χ2n) is 5.07. The van der Waals surface area contributed by atoms with Crippen molar-refractivity contribution in [2.45, 2.75) is 50.1 Å². The van der Waals surface area contributed by atoms with Crippen LogP contribution in [0.5, 0.6) is 5.75 Å². The van der Waals surface area contributed by atoms with Gasteiger partial charge >= 0.3 is 0 Å². The first kappa shape index (κ1) is 14.6. The highest BCUT2D eigenvalue weighted by molar-refractivity contribution is 6.21. The molecule has 1 aliphatic rings. The van der Waals surface area contributed by atoms with E-state index in [9.17, 15) is 4.39 Å². The number of hydrogen-bond acceptors (Lipinski definition) is 2. The van der Waals surface area contributed by atoms with E-state index in [2.05, 4.69) is 5.32 Å². The molecule has 2 unspecified atom stereocenters. The van der Waals surface area contributed by atoms with Crippen molar-refractivity contribution in [1.29, 1.82) is 0 Å². The third-order valence-electron chi connectivity index (χ3n) is 3.75. The summed E-state index contributed by atoms with van der Waals surface area (Å²) in [5, 5.41) is 3.54. The van der Waals surface area contributed by atoms with Crippen LogP contribution in [0.3, 0.4) is 0 Å². The second-order valence-corrected chi connectivity index (χ2v) is 5.64. The third-order valence-corrected chi connectivity index (χ3v) is 4.27. The van der Waals surface area contributed by atoms with Crippen molar-refractivity contribution in [1.82, 2.24) is 5.32 Å². The van der Waals surface area contributed by atoms with E-state index < -0.39 is 0 Å². The van der Waals surface area contributed by atoms with Gasteiger partial charge in [-0.1, -0.05) is 31.4 Å². The molecule has 0 saturated heterocycles. The van der Waals surface area contributed by atoms with Crippen molar-refractivity contribution in [3.8, 4) is 5.75 Å². The van der Waals surface area contributed by atoms with Crippen molar-refractivity contribution < 1.29 is 9.13 Å². The molecule has 0 heterocycles. The van der Waals surface area contributed by atoms with E-state index in [-0.39, 0.29) is 17.2 Å². The van der Waals surface area contributed by atoms with Crippen molar-refractivity contribution in [3.63, 3.8) is 0 Å². The number of methoxy groups -OCH3 is 1. The Morgan fingerprint density at radius 1 is 1.32 bits per heavy atom. The van der Waals surface area contributed by atoms with Gasteiger partial charge in [0.15, 0.2) is 11.6 Å². The summed E-state index contributed by atoms with van der Waals surface area (Å²) in [6.45, 7) is 0.497. The third kappa shape index (κ3) is 3.83. The first-order valence-electron chi connectivity index (χ1n) is 6.91. The van der Waals surface area contributed by atoms with Crippen molar-refractivity contribution in [2.24, 2.45) is 0 Å². The highest BCUT2D eigenvalue weighted by Crippen LogP contribution is 2.24. The van der Waals surface area contributed by atoms with Crippen LogP contribution in [0, 0.1) is 5.82 Å². The molecule has 1 N–H and O–H groups in total. The van der Waals surface area contributed by atoms with Gasteiger partial charge in [0.1, 0.15) is 0 Å². The quantitative estimate of drug-likeness (QED) is 0.670. The van der Waals surface area contributed by atoms with Crippen LogP contribution in [0.2, 0.25) is 0 Å². The summed E-state index contributed by atoms with van der Waals surface area (Å²) < 4.78 is 19.0. The molecule has 2 rings (SSSR count). The maximum absolute atomic E-state index is 14.0. The van der Waals surface area contributed by atoms with Gasteiger partial charge in [-0.3, -0.25) is 0 Å². The van der Waals surface area contributed by atoms with Gasteiger partial charge in [0.2, 0.25) is 0 Å². The number of rotatable bonds is 4. The molecule has 0 aliphatic heterocycles. The Kier molecular flexibility index (Phi) is 5.46. The van der Waals surface area contributed by atoms with E-state index in [0.717, 1.165) is 12.8 Å². The molecule has 0 amide bonds. The number of hydrogen-bond donors (Lipinski definition) is 1. The fraction of sp³-hybridized carbons (Fsp3) is 0.600. The predicted molar refractivity (Wildman–Crippen MR) is 76.3 cm³/mol. The summed E-state index contributed by atoms with van der Waals surface area (Å²) in [7, 11) is 1.48. The van der Waals surface area contributed by atoms with Crippen LogP contribution in [0.25, 0.3) is 0 Å². The van der Waals surface area contributed by atoms with Gasteiger partial charge in [-0.15, -0.1) is 11.6 Å². The molecule has 1 aromatic carbocycles. The van der Waals surface area contributed by atoms with Gasteiger partial charge in [0.05, 0.1) is 7.11 Å². The molecule has 0 bridgehead atoms. The highest BCUT2D eigenvalue weighted by Gasteiger charge is 2.21. The van der Waals surface area contributed by atoms with Gasteiger partial charge < -0.3 is 10.1 Å². The van der Waals surface area contributed by atoms with Gasteiger partial charge in [0, 0.05) is 23.5 Å². The minimum atomic E-state index is -0.280. The molecular formula is C15H21ClFNO. The topological polar surface area (TPSA) is 21.3 Å². The van der Waals surface area contributed by atoms with E-state index in [4.69, 9.17) is 16.3 Å². The smallest absolute Gasteiger partial charge is 0.169 e. The first-order valence-corrected chi connectivity index (χ1v) is 7.35. The molecular weight excluding hydrogens is 265 g/mol. The monoisotopic (exact) mass is 285 g/mol. The molecule has 4 heteroatoms. The number of ether oxygens (including phenoxy) is 1. The Balaban J connectivity index is 1.97. The highest BCUT2D eigenvalue weighted by atomic mass is 35.5. The summed E-state index contributed by atoms with van der Waals surface area (Å²) in [5.41, 5.74) is 0.632. The van der Waals surface area contributed by atoms with Crippen LogP contribution in [-0.2, 0) is 6.54 Å².